The fourth-order valence-electron chi connectivity index (χ4n) is 3.18. The topological polar surface area (TPSA) is 79.5 Å². The molecule has 3 aromatic rings. The van der Waals surface area contributed by atoms with Gasteiger partial charge in [0.25, 0.3) is 5.91 Å². The van der Waals surface area contributed by atoms with Gasteiger partial charge in [0.15, 0.2) is 0 Å². The predicted octanol–water partition coefficient (Wildman–Crippen LogP) is 2.62. The maximum atomic E-state index is 12.7. The Morgan fingerprint density at radius 1 is 1.28 bits per heavy atom. The van der Waals surface area contributed by atoms with Gasteiger partial charge in [-0.3, -0.25) is 9.78 Å². The van der Waals surface area contributed by atoms with E-state index >= 15 is 0 Å². The first kappa shape index (κ1) is 16.1. The van der Waals surface area contributed by atoms with Crippen LogP contribution < -0.4 is 5.32 Å². The van der Waals surface area contributed by atoms with E-state index in [1.165, 1.54) is 0 Å². The second kappa shape index (κ2) is 6.46. The molecule has 3 aromatic heterocycles. The summed E-state index contributed by atoms with van der Waals surface area (Å²) in [5.74, 6) is -0.0998. The van der Waals surface area contributed by atoms with Gasteiger partial charge in [-0.25, -0.2) is 4.98 Å². The molecule has 0 aromatic carbocycles. The van der Waals surface area contributed by atoms with Crippen molar-refractivity contribution in [3.05, 3.63) is 65.3 Å². The summed E-state index contributed by atoms with van der Waals surface area (Å²) in [6.45, 7) is 0. The van der Waals surface area contributed by atoms with Crippen LogP contribution in [0.15, 0.2) is 48.9 Å². The third-order valence-corrected chi connectivity index (χ3v) is 4.79. The number of fused-ring (bicyclic) bond motifs is 1. The molecule has 128 valence electrons. The van der Waals surface area contributed by atoms with Crippen molar-refractivity contribution in [2.24, 2.45) is 5.92 Å². The van der Waals surface area contributed by atoms with Gasteiger partial charge in [0.2, 0.25) is 0 Å². The van der Waals surface area contributed by atoms with E-state index < -0.39 is 0 Å². The number of aromatic nitrogens is 3. The van der Waals surface area contributed by atoms with E-state index in [0.29, 0.717) is 29.2 Å². The van der Waals surface area contributed by atoms with Gasteiger partial charge in [0, 0.05) is 18.6 Å². The van der Waals surface area contributed by atoms with E-state index in [0.717, 1.165) is 5.69 Å². The summed E-state index contributed by atoms with van der Waals surface area (Å²) in [5.41, 5.74) is 1.77. The molecule has 0 unspecified atom stereocenters. The summed E-state index contributed by atoms with van der Waals surface area (Å²) in [7, 11) is 0. The van der Waals surface area contributed by atoms with E-state index in [-0.39, 0.29) is 24.0 Å². The highest BCUT2D eigenvalue weighted by Gasteiger charge is 2.36. The molecular formula is C18H17ClN4O2. The van der Waals surface area contributed by atoms with Crippen LogP contribution in [0.3, 0.4) is 0 Å². The quantitative estimate of drug-likeness (QED) is 0.753. The molecule has 0 radical (unpaired) electrons. The highest BCUT2D eigenvalue weighted by Crippen LogP contribution is 2.37. The van der Waals surface area contributed by atoms with Crippen molar-refractivity contribution >= 4 is 23.2 Å². The highest BCUT2D eigenvalue weighted by molar-refractivity contribution is 6.30. The summed E-state index contributed by atoms with van der Waals surface area (Å²) in [5, 5.41) is 13.2. The number of aliphatic hydroxyl groups is 1. The zero-order valence-electron chi connectivity index (χ0n) is 13.3. The van der Waals surface area contributed by atoms with Crippen molar-refractivity contribution in [1.29, 1.82) is 0 Å². The van der Waals surface area contributed by atoms with Gasteiger partial charge in [0.05, 0.1) is 22.9 Å². The van der Waals surface area contributed by atoms with Crippen LogP contribution in [-0.2, 0) is 0 Å². The molecule has 2 N–H and O–H groups in total. The average molecular weight is 357 g/mol. The standard InChI is InChI=1S/C18H17ClN4O2/c19-12-4-5-16-21-15(10-23(16)9-12)18(25)22-17(11-7-13(24)8-11)14-3-1-2-6-20-14/h1-6,9-11,13,17,24H,7-8H2,(H,22,25)/t11?,13?,17-/m0/s1. The number of hydrogen-bond donors (Lipinski definition) is 2. The van der Waals surface area contributed by atoms with E-state index in [9.17, 15) is 9.90 Å². The van der Waals surface area contributed by atoms with Crippen LogP contribution in [0.25, 0.3) is 5.65 Å². The first-order valence-electron chi connectivity index (χ1n) is 8.14. The van der Waals surface area contributed by atoms with Gasteiger partial charge in [0.1, 0.15) is 11.3 Å². The number of rotatable bonds is 4. The lowest BCUT2D eigenvalue weighted by Crippen LogP contribution is -2.41. The number of carbonyl (C=O) groups is 1. The lowest BCUT2D eigenvalue weighted by atomic mass is 9.76. The number of nitrogens with zero attached hydrogens (tertiary/aromatic N) is 3. The molecule has 25 heavy (non-hydrogen) atoms. The number of aliphatic hydroxyl groups excluding tert-OH is 1. The van der Waals surface area contributed by atoms with Crippen LogP contribution in [0, 0.1) is 5.92 Å². The molecule has 1 amide bonds. The second-order valence-corrected chi connectivity index (χ2v) is 6.77. The molecular weight excluding hydrogens is 340 g/mol. The predicted molar refractivity (Wildman–Crippen MR) is 93.4 cm³/mol. The summed E-state index contributed by atoms with van der Waals surface area (Å²) >= 11 is 5.97. The van der Waals surface area contributed by atoms with Gasteiger partial charge in [-0.2, -0.15) is 0 Å². The van der Waals surface area contributed by atoms with Crippen molar-refractivity contribution in [2.75, 3.05) is 0 Å². The van der Waals surface area contributed by atoms with Crippen LogP contribution in [0.4, 0.5) is 0 Å². The minimum Gasteiger partial charge on any atom is -0.393 e. The molecule has 1 saturated carbocycles. The summed E-state index contributed by atoms with van der Waals surface area (Å²) in [6.07, 6.45) is 6.08. The van der Waals surface area contributed by atoms with E-state index in [1.54, 1.807) is 35.1 Å². The monoisotopic (exact) mass is 356 g/mol. The Morgan fingerprint density at radius 2 is 2.12 bits per heavy atom. The Balaban J connectivity index is 1.59. The smallest absolute Gasteiger partial charge is 0.272 e. The number of pyridine rings is 2. The van der Waals surface area contributed by atoms with Crippen LogP contribution >= 0.6 is 11.6 Å². The Kier molecular flexibility index (Phi) is 4.15. The molecule has 1 fully saturated rings. The summed E-state index contributed by atoms with van der Waals surface area (Å²) in [6, 6.07) is 8.87. The number of hydrogen-bond acceptors (Lipinski definition) is 4. The van der Waals surface area contributed by atoms with Gasteiger partial charge >= 0.3 is 0 Å². The Morgan fingerprint density at radius 3 is 2.84 bits per heavy atom. The normalized spacial score (nSPS) is 20.9. The first-order chi connectivity index (χ1) is 12.1. The molecule has 6 nitrogen and oxygen atoms in total. The van der Waals surface area contributed by atoms with Crippen molar-refractivity contribution < 1.29 is 9.90 Å². The largest absolute Gasteiger partial charge is 0.393 e. The molecule has 4 rings (SSSR count). The van der Waals surface area contributed by atoms with E-state index in [4.69, 9.17) is 11.6 Å². The lowest BCUT2D eigenvalue weighted by molar-refractivity contribution is 0.0228. The zero-order chi connectivity index (χ0) is 17.4. The van der Waals surface area contributed by atoms with Crippen molar-refractivity contribution in [3.63, 3.8) is 0 Å². The molecule has 1 aliphatic carbocycles. The summed E-state index contributed by atoms with van der Waals surface area (Å²) < 4.78 is 1.72. The van der Waals surface area contributed by atoms with E-state index in [1.807, 2.05) is 18.2 Å². The Hall–Kier alpha value is -2.44. The number of amides is 1. The van der Waals surface area contributed by atoms with Gasteiger partial charge < -0.3 is 14.8 Å². The van der Waals surface area contributed by atoms with E-state index in [2.05, 4.69) is 15.3 Å². The fourth-order valence-corrected chi connectivity index (χ4v) is 3.35. The molecule has 0 spiro atoms. The maximum Gasteiger partial charge on any atom is 0.272 e. The SMILES string of the molecule is O=C(N[C@H](c1ccccn1)C1CC(O)C1)c1cn2cc(Cl)ccc2n1. The second-order valence-electron chi connectivity index (χ2n) is 6.33. The molecule has 1 atom stereocenters. The summed E-state index contributed by atoms with van der Waals surface area (Å²) in [4.78, 5) is 21.4. The third-order valence-electron chi connectivity index (χ3n) is 4.56. The van der Waals surface area contributed by atoms with Crippen molar-refractivity contribution in [1.82, 2.24) is 19.7 Å². The van der Waals surface area contributed by atoms with Gasteiger partial charge in [-0.1, -0.05) is 17.7 Å². The number of imidazole rings is 1. The molecule has 1 aliphatic rings. The maximum absolute atomic E-state index is 12.7. The third kappa shape index (κ3) is 3.23. The first-order valence-corrected chi connectivity index (χ1v) is 8.52. The minimum absolute atomic E-state index is 0.167. The van der Waals surface area contributed by atoms with Crippen molar-refractivity contribution in [3.8, 4) is 0 Å². The van der Waals surface area contributed by atoms with Crippen molar-refractivity contribution in [2.45, 2.75) is 25.0 Å². The molecule has 0 saturated heterocycles. The lowest BCUT2D eigenvalue weighted by Gasteiger charge is -2.37. The molecule has 3 heterocycles. The zero-order valence-corrected chi connectivity index (χ0v) is 14.1. The highest BCUT2D eigenvalue weighted by atomic mass is 35.5. The van der Waals surface area contributed by atoms with Crippen LogP contribution in [0.5, 0.6) is 0 Å². The van der Waals surface area contributed by atoms with Crippen LogP contribution in [-0.4, -0.2) is 31.5 Å². The Labute approximate surface area is 149 Å². The Bertz CT molecular complexity index is 906. The van der Waals surface area contributed by atoms with Crippen LogP contribution in [0.2, 0.25) is 5.02 Å². The van der Waals surface area contributed by atoms with Gasteiger partial charge in [-0.15, -0.1) is 0 Å². The molecule has 0 aliphatic heterocycles. The number of halogens is 1. The van der Waals surface area contributed by atoms with Gasteiger partial charge in [-0.05, 0) is 43.0 Å². The average Bonchev–Trinajstić information content (AvgIpc) is 3.01. The molecule has 7 heteroatoms. The number of nitrogens with one attached hydrogen (secondary N) is 1. The molecule has 0 bridgehead atoms. The fraction of sp³-hybridized carbons (Fsp3) is 0.278. The number of carbonyl (C=O) groups excluding carboxylic acids is 1. The minimum atomic E-state index is -0.301. The van der Waals surface area contributed by atoms with Crippen LogP contribution in [0.1, 0.15) is 35.1 Å².